The molecule has 1 aromatic carbocycles. The van der Waals surface area contributed by atoms with E-state index in [1.54, 1.807) is 0 Å². The van der Waals surface area contributed by atoms with Gasteiger partial charge in [-0.1, -0.05) is 6.07 Å². The molecule has 0 bridgehead atoms. The maximum absolute atomic E-state index is 13.1. The maximum Gasteiger partial charge on any atom is 0.220 e. The van der Waals surface area contributed by atoms with Gasteiger partial charge in [-0.05, 0) is 38.0 Å². The molecule has 0 radical (unpaired) electrons. The predicted octanol–water partition coefficient (Wildman–Crippen LogP) is 2.12. The third kappa shape index (κ3) is 5.25. The molecule has 0 unspecified atom stereocenters. The summed E-state index contributed by atoms with van der Waals surface area (Å²) in [4.78, 5) is 14.3. The largest absolute Gasteiger partial charge is 0.379 e. The van der Waals surface area contributed by atoms with Crippen LogP contribution in [0.2, 0.25) is 0 Å². The van der Waals surface area contributed by atoms with Crippen molar-refractivity contribution in [3.05, 3.63) is 35.4 Å². The zero-order valence-corrected chi connectivity index (χ0v) is 13.7. The van der Waals surface area contributed by atoms with Gasteiger partial charge in [-0.2, -0.15) is 0 Å². The van der Waals surface area contributed by atoms with Gasteiger partial charge in [-0.3, -0.25) is 9.69 Å². The molecule has 1 fully saturated rings. The fourth-order valence-corrected chi connectivity index (χ4v) is 2.64. The monoisotopic (exact) mass is 326 g/mol. The first-order valence-corrected chi connectivity index (χ1v) is 7.92. The molecule has 1 aliphatic heterocycles. The lowest BCUT2D eigenvalue weighted by Crippen LogP contribution is -2.55. The van der Waals surface area contributed by atoms with E-state index in [0.29, 0.717) is 31.7 Å². The molecule has 2 rings (SSSR count). The number of carbonyl (C=O) groups is 1. The zero-order valence-electron chi connectivity index (χ0n) is 13.7. The molecular formula is C17H24F2N2O2. The molecule has 0 saturated carbocycles. The van der Waals surface area contributed by atoms with Gasteiger partial charge in [-0.15, -0.1) is 0 Å². The molecule has 0 spiro atoms. The predicted molar refractivity (Wildman–Crippen MR) is 84.2 cm³/mol. The highest BCUT2D eigenvalue weighted by atomic mass is 19.2. The highest BCUT2D eigenvalue weighted by Crippen LogP contribution is 2.15. The van der Waals surface area contributed by atoms with E-state index in [1.807, 2.05) is 0 Å². The number of amides is 1. The van der Waals surface area contributed by atoms with Gasteiger partial charge in [0.25, 0.3) is 0 Å². The van der Waals surface area contributed by atoms with E-state index in [4.69, 9.17) is 4.74 Å². The molecule has 1 aliphatic rings. The molecule has 4 nitrogen and oxygen atoms in total. The molecule has 128 valence electrons. The number of benzene rings is 1. The van der Waals surface area contributed by atoms with Crippen molar-refractivity contribution < 1.29 is 18.3 Å². The van der Waals surface area contributed by atoms with Gasteiger partial charge in [0, 0.05) is 31.6 Å². The van der Waals surface area contributed by atoms with Crippen LogP contribution in [0.25, 0.3) is 0 Å². The van der Waals surface area contributed by atoms with E-state index < -0.39 is 11.6 Å². The SMILES string of the molecule is CC(C)(CNC(=O)CCc1ccc(F)c(F)c1)N1CCOCC1. The number of nitrogens with zero attached hydrogens (tertiary/aromatic N) is 1. The Bertz CT molecular complexity index is 543. The summed E-state index contributed by atoms with van der Waals surface area (Å²) < 4.78 is 31.3. The number of rotatable bonds is 6. The molecule has 1 saturated heterocycles. The van der Waals surface area contributed by atoms with Crippen molar-refractivity contribution in [1.82, 2.24) is 10.2 Å². The first-order valence-electron chi connectivity index (χ1n) is 7.92. The van der Waals surface area contributed by atoms with Crippen LogP contribution >= 0.6 is 0 Å². The summed E-state index contributed by atoms with van der Waals surface area (Å²) in [5.41, 5.74) is 0.480. The van der Waals surface area contributed by atoms with Crippen LogP contribution in [0.3, 0.4) is 0 Å². The topological polar surface area (TPSA) is 41.6 Å². The molecule has 23 heavy (non-hydrogen) atoms. The Morgan fingerprint density at radius 1 is 1.26 bits per heavy atom. The molecule has 1 aromatic rings. The lowest BCUT2D eigenvalue weighted by molar-refractivity contribution is -0.121. The standard InChI is InChI=1S/C17H24F2N2O2/c1-17(2,21-7-9-23-10-8-21)12-20-16(22)6-4-13-3-5-14(18)15(19)11-13/h3,5,11H,4,6-10,12H2,1-2H3,(H,20,22). The summed E-state index contributed by atoms with van der Waals surface area (Å²) in [5, 5.41) is 2.93. The normalized spacial score (nSPS) is 16.3. The number of ether oxygens (including phenoxy) is 1. The average Bonchev–Trinajstić information content (AvgIpc) is 2.55. The van der Waals surface area contributed by atoms with Crippen LogP contribution in [0.15, 0.2) is 18.2 Å². The van der Waals surface area contributed by atoms with Crippen molar-refractivity contribution >= 4 is 5.91 Å². The number of morpholine rings is 1. The van der Waals surface area contributed by atoms with Crippen LogP contribution in [-0.2, 0) is 16.0 Å². The Labute approximate surface area is 135 Å². The van der Waals surface area contributed by atoms with Crippen molar-refractivity contribution in [2.45, 2.75) is 32.2 Å². The summed E-state index contributed by atoms with van der Waals surface area (Å²) >= 11 is 0. The van der Waals surface area contributed by atoms with Gasteiger partial charge in [-0.25, -0.2) is 8.78 Å². The minimum absolute atomic E-state index is 0.0870. The Morgan fingerprint density at radius 2 is 1.96 bits per heavy atom. The lowest BCUT2D eigenvalue weighted by atomic mass is 10.0. The second-order valence-corrected chi connectivity index (χ2v) is 6.44. The van der Waals surface area contributed by atoms with Crippen LogP contribution in [0.4, 0.5) is 8.78 Å². The molecule has 0 atom stereocenters. The van der Waals surface area contributed by atoms with Crippen LogP contribution in [0.5, 0.6) is 0 Å². The fourth-order valence-electron chi connectivity index (χ4n) is 2.64. The Hall–Kier alpha value is -1.53. The van der Waals surface area contributed by atoms with Crippen LogP contribution in [0.1, 0.15) is 25.8 Å². The number of halogens is 2. The van der Waals surface area contributed by atoms with Gasteiger partial charge in [0.2, 0.25) is 5.91 Å². The summed E-state index contributed by atoms with van der Waals surface area (Å²) in [6.45, 7) is 7.88. The highest BCUT2D eigenvalue weighted by Gasteiger charge is 2.28. The Morgan fingerprint density at radius 3 is 2.61 bits per heavy atom. The van der Waals surface area contributed by atoms with Crippen molar-refractivity contribution in [3.63, 3.8) is 0 Å². The highest BCUT2D eigenvalue weighted by molar-refractivity contribution is 5.76. The molecule has 1 N–H and O–H groups in total. The van der Waals surface area contributed by atoms with E-state index in [9.17, 15) is 13.6 Å². The molecular weight excluding hydrogens is 302 g/mol. The third-order valence-electron chi connectivity index (χ3n) is 4.21. The molecule has 0 aliphatic carbocycles. The zero-order chi connectivity index (χ0) is 16.9. The number of carbonyl (C=O) groups excluding carboxylic acids is 1. The lowest BCUT2D eigenvalue weighted by Gasteiger charge is -2.40. The van der Waals surface area contributed by atoms with Gasteiger partial charge >= 0.3 is 0 Å². The van der Waals surface area contributed by atoms with Crippen LogP contribution < -0.4 is 5.32 Å². The first kappa shape index (κ1) is 17.8. The molecule has 6 heteroatoms. The first-order chi connectivity index (χ1) is 10.9. The molecule has 1 amide bonds. The Kier molecular flexibility index (Phi) is 6.07. The minimum Gasteiger partial charge on any atom is -0.379 e. The number of aryl methyl sites for hydroxylation is 1. The average molecular weight is 326 g/mol. The summed E-state index contributed by atoms with van der Waals surface area (Å²) in [6.07, 6.45) is 0.644. The summed E-state index contributed by atoms with van der Waals surface area (Å²) in [5.74, 6) is -1.84. The van der Waals surface area contributed by atoms with Crippen molar-refractivity contribution in [3.8, 4) is 0 Å². The van der Waals surface area contributed by atoms with Crippen molar-refractivity contribution in [1.29, 1.82) is 0 Å². The van der Waals surface area contributed by atoms with Gasteiger partial charge in [0.15, 0.2) is 11.6 Å². The number of hydrogen-bond donors (Lipinski definition) is 1. The van der Waals surface area contributed by atoms with E-state index in [0.717, 1.165) is 25.2 Å². The van der Waals surface area contributed by atoms with E-state index in [-0.39, 0.29) is 17.9 Å². The third-order valence-corrected chi connectivity index (χ3v) is 4.21. The molecule has 0 aromatic heterocycles. The van der Waals surface area contributed by atoms with E-state index in [2.05, 4.69) is 24.1 Å². The Balaban J connectivity index is 1.76. The summed E-state index contributed by atoms with van der Waals surface area (Å²) in [6, 6.07) is 3.73. The van der Waals surface area contributed by atoms with Gasteiger partial charge in [0.1, 0.15) is 0 Å². The number of nitrogens with one attached hydrogen (secondary N) is 1. The second-order valence-electron chi connectivity index (χ2n) is 6.44. The number of hydrogen-bond acceptors (Lipinski definition) is 3. The van der Waals surface area contributed by atoms with Crippen molar-refractivity contribution in [2.75, 3.05) is 32.8 Å². The van der Waals surface area contributed by atoms with Gasteiger partial charge < -0.3 is 10.1 Å². The van der Waals surface area contributed by atoms with Crippen LogP contribution in [0, 0.1) is 11.6 Å². The van der Waals surface area contributed by atoms with Crippen LogP contribution in [-0.4, -0.2) is 49.2 Å². The molecule has 1 heterocycles. The summed E-state index contributed by atoms with van der Waals surface area (Å²) in [7, 11) is 0. The maximum atomic E-state index is 13.1. The smallest absolute Gasteiger partial charge is 0.220 e. The minimum atomic E-state index is -0.878. The van der Waals surface area contributed by atoms with E-state index in [1.165, 1.54) is 6.07 Å². The second kappa shape index (κ2) is 7.84. The van der Waals surface area contributed by atoms with Gasteiger partial charge in [0.05, 0.1) is 13.2 Å². The van der Waals surface area contributed by atoms with Crippen molar-refractivity contribution in [2.24, 2.45) is 0 Å². The quantitative estimate of drug-likeness (QED) is 0.871. The fraction of sp³-hybridized carbons (Fsp3) is 0.588. The van der Waals surface area contributed by atoms with E-state index >= 15 is 0 Å².